The number of hydrogen-bond donors (Lipinski definition) is 3. The molecule has 0 aliphatic heterocycles. The van der Waals surface area contributed by atoms with Crippen LogP contribution in [0.2, 0.25) is 0 Å². The number of nitrogens with zero attached hydrogens (tertiary/aromatic N) is 2. The molecule has 0 unspecified atom stereocenters. The minimum absolute atomic E-state index is 0.0186. The average molecular weight is 588 g/mol. The number of thioether (sulfide) groups is 1. The number of nitrogens with one attached hydrogen (secondary N) is 1. The molecule has 0 amide bonds. The van der Waals surface area contributed by atoms with Crippen LogP contribution < -0.4 is 5.32 Å². The van der Waals surface area contributed by atoms with Crippen molar-refractivity contribution in [3.05, 3.63) is 24.1 Å². The highest BCUT2D eigenvalue weighted by Gasteiger charge is 2.68. The number of Topliss-reactive ketones (excluding diaryl/α,β-unsaturated/α-hetero) is 1. The van der Waals surface area contributed by atoms with Gasteiger partial charge in [0.1, 0.15) is 22.5 Å². The first-order valence-corrected chi connectivity index (χ1v) is 16.1. The van der Waals surface area contributed by atoms with E-state index in [1.807, 2.05) is 24.4 Å². The lowest BCUT2D eigenvalue weighted by Crippen LogP contribution is -2.63. The van der Waals surface area contributed by atoms with Gasteiger partial charge in [-0.05, 0) is 54.4 Å². The van der Waals surface area contributed by atoms with Gasteiger partial charge in [-0.3, -0.25) is 9.59 Å². The van der Waals surface area contributed by atoms with Gasteiger partial charge < -0.3 is 20.3 Å². The average Bonchev–Trinajstić information content (AvgIpc) is 3.56. The number of aromatic nitrogens is 2. The molecule has 3 aliphatic rings. The summed E-state index contributed by atoms with van der Waals surface area (Å²) in [6.07, 6.45) is 4.10. The van der Waals surface area contributed by atoms with E-state index in [0.29, 0.717) is 30.4 Å². The predicted octanol–water partition coefficient (Wildman–Crippen LogP) is 5.09. The highest BCUT2D eigenvalue weighted by Crippen LogP contribution is 2.68. The molecule has 40 heavy (non-hydrogen) atoms. The van der Waals surface area contributed by atoms with Crippen molar-refractivity contribution < 1.29 is 24.5 Å². The van der Waals surface area contributed by atoms with E-state index in [1.165, 1.54) is 23.1 Å². The molecule has 5 rings (SSSR count). The van der Waals surface area contributed by atoms with Gasteiger partial charge in [-0.15, -0.1) is 17.9 Å². The number of carbonyl (C=O) groups is 2. The Bertz CT molecular complexity index is 1300. The number of hydrogen-bond acceptors (Lipinski definition) is 10. The van der Waals surface area contributed by atoms with Crippen LogP contribution in [0.1, 0.15) is 59.8 Å². The zero-order valence-corrected chi connectivity index (χ0v) is 25.4. The first-order valence-electron chi connectivity index (χ1n) is 14.3. The molecule has 0 spiro atoms. The van der Waals surface area contributed by atoms with E-state index in [4.69, 9.17) is 4.74 Å². The van der Waals surface area contributed by atoms with Crippen LogP contribution >= 0.6 is 23.1 Å². The van der Waals surface area contributed by atoms with Crippen LogP contribution in [0.3, 0.4) is 0 Å². The summed E-state index contributed by atoms with van der Waals surface area (Å²) in [4.78, 5) is 37.0. The van der Waals surface area contributed by atoms with Crippen LogP contribution in [0.5, 0.6) is 0 Å². The number of esters is 1. The van der Waals surface area contributed by atoms with Gasteiger partial charge in [-0.2, -0.15) is 0 Å². The first-order chi connectivity index (χ1) is 19.0. The quantitative estimate of drug-likeness (QED) is 0.168. The Labute approximate surface area is 244 Å². The number of thiophene rings is 1. The Balaban J connectivity index is 1.42. The maximum Gasteiger partial charge on any atom is 0.316 e. The molecular formula is C30H41N3O5S2. The summed E-state index contributed by atoms with van der Waals surface area (Å²) in [7, 11) is 0. The third-order valence-corrected chi connectivity index (χ3v) is 12.2. The zero-order valence-electron chi connectivity index (χ0n) is 23.8. The van der Waals surface area contributed by atoms with Crippen LogP contribution in [0.15, 0.2) is 29.3 Å². The fraction of sp³-hybridized carbons (Fsp3) is 0.667. The van der Waals surface area contributed by atoms with Crippen molar-refractivity contribution in [2.45, 2.75) is 77.2 Å². The minimum Gasteiger partial charge on any atom is -0.461 e. The number of aliphatic hydroxyl groups excluding tert-OH is 2. The van der Waals surface area contributed by atoms with Gasteiger partial charge in [0.2, 0.25) is 0 Å². The summed E-state index contributed by atoms with van der Waals surface area (Å²) in [6, 6.07) is 1.93. The maximum absolute atomic E-state index is 13.6. The molecule has 3 fully saturated rings. The number of aliphatic hydroxyl groups is 2. The molecule has 10 heteroatoms. The Morgan fingerprint density at radius 2 is 2.10 bits per heavy atom. The van der Waals surface area contributed by atoms with Gasteiger partial charge in [0, 0.05) is 29.7 Å². The van der Waals surface area contributed by atoms with E-state index in [1.54, 1.807) is 0 Å². The number of carbonyl (C=O) groups excluding carboxylic acids is 2. The van der Waals surface area contributed by atoms with E-state index in [9.17, 15) is 19.8 Å². The third-order valence-electron chi connectivity index (χ3n) is 10.6. The van der Waals surface area contributed by atoms with Crippen LogP contribution in [0, 0.1) is 34.0 Å². The normalized spacial score (nSPS) is 37.5. The predicted molar refractivity (Wildman–Crippen MR) is 158 cm³/mol. The molecule has 0 radical (unpaired) electrons. The lowest BCUT2D eigenvalue weighted by Gasteiger charge is -2.61. The molecule has 3 N–H and O–H groups in total. The molecule has 2 heterocycles. The Hall–Kier alpha value is -2.01. The summed E-state index contributed by atoms with van der Waals surface area (Å²) in [6.45, 7) is 12.8. The molecule has 3 aliphatic carbocycles. The molecular weight excluding hydrogens is 546 g/mol. The van der Waals surface area contributed by atoms with Crippen molar-refractivity contribution >= 4 is 50.9 Å². The van der Waals surface area contributed by atoms with E-state index < -0.39 is 23.0 Å². The van der Waals surface area contributed by atoms with Gasteiger partial charge in [-0.25, -0.2) is 9.97 Å². The SMILES string of the molecule is C=C[C@]1(C)C[C@@H](OC(=O)CSc2nc(NCCO)c3ccsc3n2)[C@]2(C)[C@H](C)CC[C@]3(CCC(=O)[C@H]32)[C@@H](C)[C@@H]1O. The van der Waals surface area contributed by atoms with E-state index in [-0.39, 0.29) is 47.3 Å². The minimum atomic E-state index is -0.692. The largest absolute Gasteiger partial charge is 0.461 e. The molecule has 0 aromatic carbocycles. The van der Waals surface area contributed by atoms with Crippen molar-refractivity contribution in [2.75, 3.05) is 24.2 Å². The molecule has 0 saturated heterocycles. The topological polar surface area (TPSA) is 122 Å². The highest BCUT2D eigenvalue weighted by atomic mass is 32.2. The van der Waals surface area contributed by atoms with Crippen molar-refractivity contribution in [1.82, 2.24) is 9.97 Å². The Kier molecular flexibility index (Phi) is 8.11. The molecule has 2 bridgehead atoms. The van der Waals surface area contributed by atoms with E-state index >= 15 is 0 Å². The molecule has 2 aromatic heterocycles. The molecule has 8 nitrogen and oxygen atoms in total. The van der Waals surface area contributed by atoms with Crippen LogP contribution in [0.25, 0.3) is 10.2 Å². The van der Waals surface area contributed by atoms with Crippen LogP contribution in [-0.2, 0) is 14.3 Å². The summed E-state index contributed by atoms with van der Waals surface area (Å²) in [5.74, 6) is 0.359. The van der Waals surface area contributed by atoms with Crippen LogP contribution in [0.4, 0.5) is 5.82 Å². The van der Waals surface area contributed by atoms with Gasteiger partial charge in [-0.1, -0.05) is 45.5 Å². The number of rotatable bonds is 8. The fourth-order valence-corrected chi connectivity index (χ4v) is 9.48. The smallest absolute Gasteiger partial charge is 0.316 e. The van der Waals surface area contributed by atoms with Gasteiger partial charge in [0.05, 0.1) is 23.8 Å². The van der Waals surface area contributed by atoms with Gasteiger partial charge in [0.25, 0.3) is 0 Å². The number of anilines is 1. The second kappa shape index (κ2) is 11.0. The van der Waals surface area contributed by atoms with Crippen molar-refractivity contribution in [2.24, 2.45) is 34.0 Å². The summed E-state index contributed by atoms with van der Waals surface area (Å²) >= 11 is 2.70. The number of ketones is 1. The lowest BCUT2D eigenvalue weighted by molar-refractivity contribution is -0.205. The lowest BCUT2D eigenvalue weighted by atomic mass is 9.44. The molecule has 2 aromatic rings. The van der Waals surface area contributed by atoms with E-state index in [0.717, 1.165) is 29.5 Å². The fourth-order valence-electron chi connectivity index (χ4n) is 8.03. The number of ether oxygens (including phenoxy) is 1. The van der Waals surface area contributed by atoms with Gasteiger partial charge in [0.15, 0.2) is 5.16 Å². The van der Waals surface area contributed by atoms with Gasteiger partial charge >= 0.3 is 5.97 Å². The van der Waals surface area contributed by atoms with Crippen molar-refractivity contribution in [1.29, 1.82) is 0 Å². The molecule has 8 atom stereocenters. The second-order valence-corrected chi connectivity index (χ2v) is 14.3. The Morgan fingerprint density at radius 3 is 2.83 bits per heavy atom. The molecule has 218 valence electrons. The summed E-state index contributed by atoms with van der Waals surface area (Å²) < 4.78 is 6.34. The summed E-state index contributed by atoms with van der Waals surface area (Å²) in [5, 5.41) is 27.3. The van der Waals surface area contributed by atoms with Crippen molar-refractivity contribution in [3.8, 4) is 0 Å². The first kappa shape index (κ1) is 29.5. The number of fused-ring (bicyclic) bond motifs is 1. The third kappa shape index (κ3) is 4.68. The van der Waals surface area contributed by atoms with Crippen LogP contribution in [-0.4, -0.2) is 63.0 Å². The summed E-state index contributed by atoms with van der Waals surface area (Å²) in [5.41, 5.74) is -1.51. The monoisotopic (exact) mass is 587 g/mol. The maximum atomic E-state index is 13.6. The van der Waals surface area contributed by atoms with Crippen molar-refractivity contribution in [3.63, 3.8) is 0 Å². The standard InChI is InChI=1S/C30H41N3O5S2/c1-6-28(4)15-21(29(5)17(2)7-10-30(18(3)24(28)37)11-8-20(35)23(29)30)38-22(36)16-40-27-32-25(31-12-13-34)19-9-14-39-26(19)33-27/h6,9,14,17-18,21,23-24,34,37H,1,7-8,10-13,15-16H2,2-5H3,(H,31,32,33)/t17-,18+,21-,23+,24+,28-,29+,30+/m1/s1. The highest BCUT2D eigenvalue weighted by molar-refractivity contribution is 7.99. The zero-order chi connectivity index (χ0) is 28.9. The Morgan fingerprint density at radius 1 is 1.32 bits per heavy atom. The second-order valence-electron chi connectivity index (χ2n) is 12.5. The molecule has 3 saturated carbocycles. The van der Waals surface area contributed by atoms with E-state index in [2.05, 4.69) is 42.6 Å².